The van der Waals surface area contributed by atoms with Gasteiger partial charge < -0.3 is 11.1 Å². The van der Waals surface area contributed by atoms with E-state index in [4.69, 9.17) is 5.73 Å². The van der Waals surface area contributed by atoms with Crippen LogP contribution in [0.5, 0.6) is 0 Å². The quantitative estimate of drug-likeness (QED) is 0.716. The molecule has 0 bridgehead atoms. The van der Waals surface area contributed by atoms with Crippen LogP contribution in [0, 0.1) is 0 Å². The highest BCUT2D eigenvalue weighted by molar-refractivity contribution is 5.92. The second-order valence-electron chi connectivity index (χ2n) is 6.47. The number of nitrogens with two attached hydrogens (primary N) is 1. The van der Waals surface area contributed by atoms with Crippen LogP contribution in [0.3, 0.4) is 0 Å². The maximum atomic E-state index is 12.4. The molecule has 0 radical (unpaired) electrons. The highest BCUT2D eigenvalue weighted by atomic mass is 16.1. The number of hydrogen-bond donors (Lipinski definition) is 2. The molecule has 1 atom stereocenters. The third kappa shape index (κ3) is 4.15. The van der Waals surface area contributed by atoms with Crippen molar-refractivity contribution >= 4 is 5.91 Å². The predicted octanol–water partition coefficient (Wildman–Crippen LogP) is 2.82. The molecular weight excluding hydrogens is 326 g/mol. The zero-order valence-electron chi connectivity index (χ0n) is 15.0. The molecule has 0 fully saturated rings. The second-order valence-corrected chi connectivity index (χ2v) is 6.47. The lowest BCUT2D eigenvalue weighted by Crippen LogP contribution is -2.32. The molecule has 3 aromatic rings. The Hall–Kier alpha value is -2.99. The molecule has 26 heavy (non-hydrogen) atoms. The summed E-state index contributed by atoms with van der Waals surface area (Å²) in [5.74, 6) is 0.817. The van der Waals surface area contributed by atoms with Gasteiger partial charge in [-0.1, -0.05) is 44.2 Å². The molecule has 6 nitrogen and oxygen atoms in total. The average molecular weight is 349 g/mol. The number of pyridine rings is 1. The standard InChI is InChI=1S/C20H23N5O/c1-14(2)15-7-9-16(10-8-15)17(21)13-22-20(26)18-5-3-6-19(24-18)25-12-4-11-23-25/h3-12,14,17H,13,21H2,1-2H3,(H,22,26). The third-order valence-corrected chi connectivity index (χ3v) is 4.22. The molecule has 0 aliphatic heterocycles. The number of nitrogens with zero attached hydrogens (tertiary/aromatic N) is 3. The van der Waals surface area contributed by atoms with Crippen molar-refractivity contribution in [1.82, 2.24) is 20.1 Å². The Morgan fingerprint density at radius 2 is 1.85 bits per heavy atom. The summed E-state index contributed by atoms with van der Waals surface area (Å²) < 4.78 is 1.61. The van der Waals surface area contributed by atoms with Crippen molar-refractivity contribution < 1.29 is 4.79 Å². The largest absolute Gasteiger partial charge is 0.349 e. The number of carbonyl (C=O) groups excluding carboxylic acids is 1. The first kappa shape index (κ1) is 17.8. The Bertz CT molecular complexity index is 856. The molecule has 3 N–H and O–H groups in total. The van der Waals surface area contributed by atoms with Gasteiger partial charge in [-0.05, 0) is 35.2 Å². The van der Waals surface area contributed by atoms with E-state index in [-0.39, 0.29) is 11.9 Å². The number of hydrogen-bond acceptors (Lipinski definition) is 4. The Kier molecular flexibility index (Phi) is 5.43. The van der Waals surface area contributed by atoms with Crippen molar-refractivity contribution in [1.29, 1.82) is 0 Å². The fourth-order valence-electron chi connectivity index (χ4n) is 2.62. The Morgan fingerprint density at radius 3 is 2.50 bits per heavy atom. The van der Waals surface area contributed by atoms with E-state index in [0.717, 1.165) is 5.56 Å². The summed E-state index contributed by atoms with van der Waals surface area (Å²) in [5.41, 5.74) is 8.80. The molecule has 0 aliphatic rings. The van der Waals surface area contributed by atoms with Crippen LogP contribution in [0.1, 0.15) is 47.4 Å². The van der Waals surface area contributed by atoms with Gasteiger partial charge in [-0.2, -0.15) is 5.10 Å². The number of carbonyl (C=O) groups is 1. The summed E-state index contributed by atoms with van der Waals surface area (Å²) in [6, 6.07) is 15.0. The van der Waals surface area contributed by atoms with E-state index in [1.165, 1.54) is 5.56 Å². The number of benzene rings is 1. The minimum atomic E-state index is -0.269. The van der Waals surface area contributed by atoms with Crippen LogP contribution in [-0.4, -0.2) is 27.2 Å². The van der Waals surface area contributed by atoms with Gasteiger partial charge in [-0.25, -0.2) is 9.67 Å². The van der Waals surface area contributed by atoms with E-state index in [1.54, 1.807) is 41.3 Å². The molecule has 3 rings (SSSR count). The predicted molar refractivity (Wildman–Crippen MR) is 101 cm³/mol. The van der Waals surface area contributed by atoms with Gasteiger partial charge >= 0.3 is 0 Å². The molecule has 6 heteroatoms. The van der Waals surface area contributed by atoms with Crippen LogP contribution in [0.4, 0.5) is 0 Å². The molecule has 0 saturated carbocycles. The lowest BCUT2D eigenvalue weighted by molar-refractivity contribution is 0.0946. The Morgan fingerprint density at radius 1 is 1.12 bits per heavy atom. The van der Waals surface area contributed by atoms with Gasteiger partial charge in [0, 0.05) is 25.0 Å². The van der Waals surface area contributed by atoms with Crippen molar-refractivity contribution in [3.05, 3.63) is 77.7 Å². The first-order valence-corrected chi connectivity index (χ1v) is 8.65. The summed E-state index contributed by atoms with van der Waals surface area (Å²) in [6.07, 6.45) is 3.44. The number of nitrogens with one attached hydrogen (secondary N) is 1. The summed E-state index contributed by atoms with van der Waals surface area (Å²) in [5, 5.41) is 6.97. The van der Waals surface area contributed by atoms with Crippen LogP contribution in [0.15, 0.2) is 60.9 Å². The zero-order chi connectivity index (χ0) is 18.5. The van der Waals surface area contributed by atoms with Gasteiger partial charge in [0.1, 0.15) is 5.69 Å². The van der Waals surface area contributed by atoms with Gasteiger partial charge in [0.15, 0.2) is 5.82 Å². The van der Waals surface area contributed by atoms with Crippen molar-refractivity contribution in [2.45, 2.75) is 25.8 Å². The topological polar surface area (TPSA) is 85.8 Å². The molecule has 0 spiro atoms. The fourth-order valence-corrected chi connectivity index (χ4v) is 2.62. The zero-order valence-corrected chi connectivity index (χ0v) is 15.0. The van der Waals surface area contributed by atoms with Gasteiger partial charge in [-0.3, -0.25) is 4.79 Å². The highest BCUT2D eigenvalue weighted by Gasteiger charge is 2.12. The lowest BCUT2D eigenvalue weighted by Gasteiger charge is -2.14. The van der Waals surface area contributed by atoms with Crippen LogP contribution in [0.2, 0.25) is 0 Å². The third-order valence-electron chi connectivity index (χ3n) is 4.22. The van der Waals surface area contributed by atoms with Gasteiger partial charge in [0.25, 0.3) is 5.91 Å². The minimum Gasteiger partial charge on any atom is -0.349 e. The highest BCUT2D eigenvalue weighted by Crippen LogP contribution is 2.17. The van der Waals surface area contributed by atoms with E-state index in [2.05, 4.69) is 41.4 Å². The molecule has 1 aromatic carbocycles. The first-order valence-electron chi connectivity index (χ1n) is 8.65. The first-order chi connectivity index (χ1) is 12.5. The fraction of sp³-hybridized carbons (Fsp3) is 0.250. The number of rotatable bonds is 6. The molecule has 1 amide bonds. The van der Waals surface area contributed by atoms with E-state index in [0.29, 0.717) is 24.0 Å². The molecule has 0 saturated heterocycles. The average Bonchev–Trinajstić information content (AvgIpc) is 3.21. The van der Waals surface area contributed by atoms with Gasteiger partial charge in [-0.15, -0.1) is 0 Å². The minimum absolute atomic E-state index is 0.256. The molecule has 134 valence electrons. The van der Waals surface area contributed by atoms with Crippen molar-refractivity contribution in [3.63, 3.8) is 0 Å². The molecule has 2 aromatic heterocycles. The van der Waals surface area contributed by atoms with Crippen LogP contribution >= 0.6 is 0 Å². The number of amides is 1. The van der Waals surface area contributed by atoms with Gasteiger partial charge in [0.2, 0.25) is 0 Å². The summed E-state index contributed by atoms with van der Waals surface area (Å²) in [6.45, 7) is 4.65. The van der Waals surface area contributed by atoms with Gasteiger partial charge in [0.05, 0.1) is 0 Å². The Balaban J connectivity index is 1.62. The molecule has 0 aliphatic carbocycles. The monoisotopic (exact) mass is 349 g/mol. The van der Waals surface area contributed by atoms with E-state index < -0.39 is 0 Å². The SMILES string of the molecule is CC(C)c1ccc(C(N)CNC(=O)c2cccc(-n3cccn3)n2)cc1. The summed E-state index contributed by atoms with van der Waals surface area (Å²) in [7, 11) is 0. The Labute approximate surface area is 153 Å². The lowest BCUT2D eigenvalue weighted by atomic mass is 9.99. The molecular formula is C20H23N5O. The summed E-state index contributed by atoms with van der Waals surface area (Å²) in [4.78, 5) is 16.7. The van der Waals surface area contributed by atoms with Crippen molar-refractivity contribution in [2.24, 2.45) is 5.73 Å². The van der Waals surface area contributed by atoms with Crippen LogP contribution < -0.4 is 11.1 Å². The van der Waals surface area contributed by atoms with Crippen LogP contribution in [-0.2, 0) is 0 Å². The van der Waals surface area contributed by atoms with E-state index in [1.807, 2.05) is 12.1 Å². The van der Waals surface area contributed by atoms with E-state index in [9.17, 15) is 4.79 Å². The van der Waals surface area contributed by atoms with Crippen molar-refractivity contribution in [2.75, 3.05) is 6.54 Å². The normalized spacial score (nSPS) is 12.2. The smallest absolute Gasteiger partial charge is 0.270 e. The van der Waals surface area contributed by atoms with Crippen molar-refractivity contribution in [3.8, 4) is 5.82 Å². The maximum absolute atomic E-state index is 12.4. The number of aromatic nitrogens is 3. The molecule has 1 unspecified atom stereocenters. The second kappa shape index (κ2) is 7.93. The molecule has 2 heterocycles. The summed E-state index contributed by atoms with van der Waals surface area (Å²) >= 11 is 0. The van der Waals surface area contributed by atoms with Crippen LogP contribution in [0.25, 0.3) is 5.82 Å². The van der Waals surface area contributed by atoms with E-state index >= 15 is 0 Å². The maximum Gasteiger partial charge on any atom is 0.270 e.